The highest BCUT2D eigenvalue weighted by Gasteiger charge is 1.96. The first-order chi connectivity index (χ1) is 5.86. The molecule has 0 bridgehead atoms. The Morgan fingerprint density at radius 3 is 2.42 bits per heavy atom. The summed E-state index contributed by atoms with van der Waals surface area (Å²) in [6.45, 7) is 2.09. The molecule has 1 nitrogen and oxygen atoms in total. The number of aromatic nitrogens is 1. The molecule has 1 aromatic carbocycles. The van der Waals surface area contributed by atoms with Gasteiger partial charge in [0, 0.05) is 11.9 Å². The maximum Gasteiger partial charge on any atom is 0.0456 e. The summed E-state index contributed by atoms with van der Waals surface area (Å²) in [5, 5.41) is 0. The molecule has 0 saturated heterocycles. The Morgan fingerprint density at radius 2 is 1.83 bits per heavy atom. The van der Waals surface area contributed by atoms with Crippen LogP contribution in [-0.4, -0.2) is 4.98 Å². The smallest absolute Gasteiger partial charge is 0.0456 e. The van der Waals surface area contributed by atoms with Gasteiger partial charge in [-0.3, -0.25) is 0 Å². The van der Waals surface area contributed by atoms with Gasteiger partial charge in [0.2, 0.25) is 0 Å². The molecule has 0 radical (unpaired) electrons. The van der Waals surface area contributed by atoms with Gasteiger partial charge in [-0.25, -0.2) is 0 Å². The third-order valence-electron chi connectivity index (χ3n) is 1.91. The molecule has 0 spiro atoms. The number of aryl methyl sites for hydroxylation is 1. The van der Waals surface area contributed by atoms with Gasteiger partial charge in [0.25, 0.3) is 0 Å². The Morgan fingerprint density at radius 1 is 1.08 bits per heavy atom. The summed E-state index contributed by atoms with van der Waals surface area (Å²) < 4.78 is 0. The summed E-state index contributed by atoms with van der Waals surface area (Å²) in [5.74, 6) is 0. The average Bonchev–Trinajstić information content (AvgIpc) is 2.54. The molecule has 0 fully saturated rings. The van der Waals surface area contributed by atoms with E-state index in [1.807, 2.05) is 24.4 Å². The number of nitrogens with one attached hydrogen (secondary N) is 1. The maximum absolute atomic E-state index is 3.22. The zero-order valence-electron chi connectivity index (χ0n) is 7.04. The maximum atomic E-state index is 3.22. The van der Waals surface area contributed by atoms with Crippen LogP contribution in [0.5, 0.6) is 0 Å². The van der Waals surface area contributed by atoms with E-state index >= 15 is 0 Å². The first kappa shape index (κ1) is 7.17. The van der Waals surface area contributed by atoms with Crippen molar-refractivity contribution in [3.05, 3.63) is 48.2 Å². The second-order valence-corrected chi connectivity index (χ2v) is 2.96. The third kappa shape index (κ3) is 1.26. The number of rotatable bonds is 1. The van der Waals surface area contributed by atoms with Crippen molar-refractivity contribution in [1.29, 1.82) is 0 Å². The summed E-state index contributed by atoms with van der Waals surface area (Å²) in [4.78, 5) is 3.22. The van der Waals surface area contributed by atoms with Crippen molar-refractivity contribution in [2.45, 2.75) is 6.92 Å². The van der Waals surface area contributed by atoms with E-state index in [1.165, 1.54) is 16.8 Å². The zero-order valence-corrected chi connectivity index (χ0v) is 7.04. The normalized spacial score (nSPS) is 10.1. The molecule has 12 heavy (non-hydrogen) atoms. The van der Waals surface area contributed by atoms with Crippen LogP contribution >= 0.6 is 0 Å². The summed E-state index contributed by atoms with van der Waals surface area (Å²) in [7, 11) is 0. The highest BCUT2D eigenvalue weighted by Crippen LogP contribution is 2.17. The SMILES string of the molecule is Cc1c[nH]c(-c2ccccc2)c1. The number of benzene rings is 1. The fourth-order valence-electron chi connectivity index (χ4n) is 1.29. The van der Waals surface area contributed by atoms with Crippen molar-refractivity contribution in [3.8, 4) is 11.3 Å². The summed E-state index contributed by atoms with van der Waals surface area (Å²) >= 11 is 0. The Hall–Kier alpha value is -1.50. The predicted molar refractivity (Wildman–Crippen MR) is 51.0 cm³/mol. The molecule has 60 valence electrons. The van der Waals surface area contributed by atoms with Crippen molar-refractivity contribution in [3.63, 3.8) is 0 Å². The van der Waals surface area contributed by atoms with Crippen LogP contribution in [0.1, 0.15) is 5.56 Å². The second-order valence-electron chi connectivity index (χ2n) is 2.96. The number of H-pyrrole nitrogens is 1. The molecular formula is C11H11N. The van der Waals surface area contributed by atoms with Crippen molar-refractivity contribution in [1.82, 2.24) is 4.98 Å². The Kier molecular flexibility index (Phi) is 1.71. The fraction of sp³-hybridized carbons (Fsp3) is 0.0909. The van der Waals surface area contributed by atoms with E-state index in [9.17, 15) is 0 Å². The highest BCUT2D eigenvalue weighted by molar-refractivity contribution is 5.59. The molecule has 0 aliphatic carbocycles. The molecular weight excluding hydrogens is 146 g/mol. The van der Waals surface area contributed by atoms with E-state index in [0.29, 0.717) is 0 Å². The molecule has 0 aliphatic rings. The Balaban J connectivity index is 2.45. The minimum Gasteiger partial charge on any atom is -0.361 e. The molecule has 0 unspecified atom stereocenters. The number of hydrogen-bond acceptors (Lipinski definition) is 0. The number of hydrogen-bond donors (Lipinski definition) is 1. The van der Waals surface area contributed by atoms with Crippen LogP contribution in [0, 0.1) is 6.92 Å². The van der Waals surface area contributed by atoms with E-state index in [2.05, 4.69) is 30.1 Å². The lowest BCUT2D eigenvalue weighted by Gasteiger charge is -1.94. The van der Waals surface area contributed by atoms with Crippen molar-refractivity contribution in [2.75, 3.05) is 0 Å². The van der Waals surface area contributed by atoms with Gasteiger partial charge >= 0.3 is 0 Å². The van der Waals surface area contributed by atoms with E-state index in [-0.39, 0.29) is 0 Å². The van der Waals surface area contributed by atoms with Gasteiger partial charge < -0.3 is 4.98 Å². The lowest BCUT2D eigenvalue weighted by atomic mass is 10.1. The summed E-state index contributed by atoms with van der Waals surface area (Å²) in [5.41, 5.74) is 3.70. The van der Waals surface area contributed by atoms with Gasteiger partial charge in [-0.05, 0) is 24.1 Å². The van der Waals surface area contributed by atoms with Gasteiger partial charge in [-0.1, -0.05) is 30.3 Å². The zero-order chi connectivity index (χ0) is 8.39. The standard InChI is InChI=1S/C11H11N/c1-9-7-11(12-8-9)10-5-3-2-4-6-10/h2-8,12H,1H3. The fourth-order valence-corrected chi connectivity index (χ4v) is 1.29. The van der Waals surface area contributed by atoms with E-state index in [4.69, 9.17) is 0 Å². The van der Waals surface area contributed by atoms with E-state index < -0.39 is 0 Å². The van der Waals surface area contributed by atoms with Crippen LogP contribution in [0.2, 0.25) is 0 Å². The molecule has 2 rings (SSSR count). The molecule has 0 saturated carbocycles. The van der Waals surface area contributed by atoms with Gasteiger partial charge in [0.1, 0.15) is 0 Å². The largest absolute Gasteiger partial charge is 0.361 e. The van der Waals surface area contributed by atoms with Crippen molar-refractivity contribution < 1.29 is 0 Å². The molecule has 1 aromatic heterocycles. The van der Waals surface area contributed by atoms with Crippen LogP contribution in [0.15, 0.2) is 42.6 Å². The lowest BCUT2D eigenvalue weighted by molar-refractivity contribution is 1.38. The molecule has 1 N–H and O–H groups in total. The molecule has 1 heterocycles. The van der Waals surface area contributed by atoms with E-state index in [0.717, 1.165) is 0 Å². The first-order valence-electron chi connectivity index (χ1n) is 4.07. The average molecular weight is 157 g/mol. The molecule has 1 heteroatoms. The van der Waals surface area contributed by atoms with Gasteiger partial charge in [-0.2, -0.15) is 0 Å². The van der Waals surface area contributed by atoms with Crippen LogP contribution in [-0.2, 0) is 0 Å². The van der Waals surface area contributed by atoms with Gasteiger partial charge in [0.15, 0.2) is 0 Å². The molecule has 0 amide bonds. The number of aromatic amines is 1. The van der Waals surface area contributed by atoms with Crippen LogP contribution in [0.3, 0.4) is 0 Å². The molecule has 0 atom stereocenters. The predicted octanol–water partition coefficient (Wildman–Crippen LogP) is 2.99. The summed E-state index contributed by atoms with van der Waals surface area (Å²) in [6.07, 6.45) is 2.02. The van der Waals surface area contributed by atoms with Crippen LogP contribution in [0.25, 0.3) is 11.3 Å². The van der Waals surface area contributed by atoms with E-state index in [1.54, 1.807) is 0 Å². The second kappa shape index (κ2) is 2.86. The van der Waals surface area contributed by atoms with Crippen molar-refractivity contribution in [2.24, 2.45) is 0 Å². The van der Waals surface area contributed by atoms with Crippen LogP contribution in [0.4, 0.5) is 0 Å². The van der Waals surface area contributed by atoms with Gasteiger partial charge in [-0.15, -0.1) is 0 Å². The quantitative estimate of drug-likeness (QED) is 0.655. The lowest BCUT2D eigenvalue weighted by Crippen LogP contribution is -1.73. The topological polar surface area (TPSA) is 15.8 Å². The minimum absolute atomic E-state index is 1.19. The Labute approximate surface area is 72.1 Å². The first-order valence-corrected chi connectivity index (χ1v) is 4.07. The summed E-state index contributed by atoms with van der Waals surface area (Å²) in [6, 6.07) is 12.5. The highest BCUT2D eigenvalue weighted by atomic mass is 14.7. The minimum atomic E-state index is 1.19. The van der Waals surface area contributed by atoms with Crippen LogP contribution < -0.4 is 0 Å². The monoisotopic (exact) mass is 157 g/mol. The molecule has 0 aliphatic heterocycles. The third-order valence-corrected chi connectivity index (χ3v) is 1.91. The van der Waals surface area contributed by atoms with Crippen molar-refractivity contribution >= 4 is 0 Å². The molecule has 2 aromatic rings. The Bertz CT molecular complexity index is 360. The van der Waals surface area contributed by atoms with Gasteiger partial charge in [0.05, 0.1) is 0 Å².